The topological polar surface area (TPSA) is 59.6 Å². The first-order valence-corrected chi connectivity index (χ1v) is 7.96. The normalized spacial score (nSPS) is 11.6. The molecule has 1 atom stereocenters. The van der Waals surface area contributed by atoms with Crippen LogP contribution in [-0.4, -0.2) is 20.3 Å². The van der Waals surface area contributed by atoms with Crippen LogP contribution in [0.1, 0.15) is 29.7 Å². The van der Waals surface area contributed by atoms with Gasteiger partial charge in [0.05, 0.1) is 20.3 Å². The van der Waals surface area contributed by atoms with Gasteiger partial charge in [-0.15, -0.1) is 0 Å². The van der Waals surface area contributed by atoms with Crippen molar-refractivity contribution >= 4 is 6.03 Å². The third-order valence-electron chi connectivity index (χ3n) is 3.93. The minimum absolute atomic E-state index is 0.257. The number of aryl methyl sites for hydroxylation is 1. The number of hydrogen-bond acceptors (Lipinski definition) is 3. The molecule has 0 aliphatic carbocycles. The maximum atomic E-state index is 13.3. The minimum Gasteiger partial charge on any atom is -0.497 e. The van der Waals surface area contributed by atoms with Gasteiger partial charge in [0.25, 0.3) is 0 Å². The Labute approximate surface area is 147 Å². The molecule has 5 nitrogen and oxygen atoms in total. The molecule has 2 aromatic rings. The van der Waals surface area contributed by atoms with Gasteiger partial charge < -0.3 is 20.1 Å². The predicted molar refractivity (Wildman–Crippen MR) is 94.5 cm³/mol. The molecule has 0 radical (unpaired) electrons. The molecular weight excluding hydrogens is 323 g/mol. The molecule has 2 rings (SSSR count). The molecule has 0 aliphatic rings. The van der Waals surface area contributed by atoms with Gasteiger partial charge in [-0.3, -0.25) is 0 Å². The van der Waals surface area contributed by atoms with E-state index in [2.05, 4.69) is 10.6 Å². The number of hydrogen-bond donors (Lipinski definition) is 2. The van der Waals surface area contributed by atoms with Crippen molar-refractivity contribution in [3.05, 3.63) is 58.9 Å². The second kappa shape index (κ2) is 8.37. The summed E-state index contributed by atoms with van der Waals surface area (Å²) in [5, 5.41) is 5.63. The molecule has 0 saturated heterocycles. The highest BCUT2D eigenvalue weighted by Gasteiger charge is 2.15. The van der Waals surface area contributed by atoms with Crippen molar-refractivity contribution in [2.24, 2.45) is 0 Å². The summed E-state index contributed by atoms with van der Waals surface area (Å²) >= 11 is 0. The van der Waals surface area contributed by atoms with Crippen molar-refractivity contribution < 1.29 is 18.7 Å². The van der Waals surface area contributed by atoms with Gasteiger partial charge in [0.1, 0.15) is 17.3 Å². The summed E-state index contributed by atoms with van der Waals surface area (Å²) in [5.74, 6) is 1.10. The zero-order valence-electron chi connectivity index (χ0n) is 14.9. The third-order valence-corrected chi connectivity index (χ3v) is 3.93. The van der Waals surface area contributed by atoms with E-state index in [1.807, 2.05) is 13.0 Å². The van der Waals surface area contributed by atoms with Crippen LogP contribution in [0.3, 0.4) is 0 Å². The second-order valence-electron chi connectivity index (χ2n) is 5.74. The minimum atomic E-state index is -0.320. The first-order chi connectivity index (χ1) is 11.9. The molecule has 134 valence electrons. The Morgan fingerprint density at radius 2 is 1.92 bits per heavy atom. The standard InChI is InChI=1S/C19H23FN2O3/c1-12-9-14(5-7-17(12)20)11-21-19(23)22-13(2)16-10-15(24-3)6-8-18(16)25-4/h5-10,13H,11H2,1-4H3,(H2,21,22,23). The quantitative estimate of drug-likeness (QED) is 0.838. The number of rotatable bonds is 6. The number of amides is 2. The number of methoxy groups -OCH3 is 2. The van der Waals surface area contributed by atoms with Crippen LogP contribution in [0.4, 0.5) is 9.18 Å². The van der Waals surface area contributed by atoms with Crippen molar-refractivity contribution in [1.82, 2.24) is 10.6 Å². The van der Waals surface area contributed by atoms with Crippen molar-refractivity contribution in [2.75, 3.05) is 14.2 Å². The van der Waals surface area contributed by atoms with Crippen molar-refractivity contribution in [3.8, 4) is 11.5 Å². The predicted octanol–water partition coefficient (Wildman–Crippen LogP) is 3.71. The SMILES string of the molecule is COc1ccc(OC)c(C(C)NC(=O)NCc2ccc(F)c(C)c2)c1. The maximum absolute atomic E-state index is 13.3. The first kappa shape index (κ1) is 18.6. The number of benzene rings is 2. The Kier molecular flexibility index (Phi) is 6.22. The summed E-state index contributed by atoms with van der Waals surface area (Å²) < 4.78 is 23.8. The number of carbonyl (C=O) groups is 1. The number of ether oxygens (including phenoxy) is 2. The Morgan fingerprint density at radius 3 is 2.56 bits per heavy atom. The monoisotopic (exact) mass is 346 g/mol. The summed E-state index contributed by atoms with van der Waals surface area (Å²) in [4.78, 5) is 12.1. The second-order valence-corrected chi connectivity index (χ2v) is 5.74. The number of halogens is 1. The molecule has 0 fully saturated rings. The van der Waals surface area contributed by atoms with E-state index in [-0.39, 0.29) is 17.9 Å². The van der Waals surface area contributed by atoms with Gasteiger partial charge in [-0.2, -0.15) is 0 Å². The molecule has 2 aromatic carbocycles. The molecule has 2 amide bonds. The van der Waals surface area contributed by atoms with Gasteiger partial charge >= 0.3 is 6.03 Å². The molecule has 0 bridgehead atoms. The van der Waals surface area contributed by atoms with Crippen molar-refractivity contribution in [1.29, 1.82) is 0 Å². The first-order valence-electron chi connectivity index (χ1n) is 7.96. The lowest BCUT2D eigenvalue weighted by Gasteiger charge is -2.18. The summed E-state index contributed by atoms with van der Waals surface area (Å²) in [5.41, 5.74) is 2.20. The van der Waals surface area contributed by atoms with E-state index >= 15 is 0 Å². The lowest BCUT2D eigenvalue weighted by molar-refractivity contribution is 0.237. The molecule has 0 saturated carbocycles. The van der Waals surface area contributed by atoms with Gasteiger partial charge in [-0.25, -0.2) is 9.18 Å². The zero-order valence-corrected chi connectivity index (χ0v) is 14.9. The van der Waals surface area contributed by atoms with E-state index in [4.69, 9.17) is 9.47 Å². The Hall–Kier alpha value is -2.76. The Morgan fingerprint density at radius 1 is 1.16 bits per heavy atom. The lowest BCUT2D eigenvalue weighted by atomic mass is 10.1. The van der Waals surface area contributed by atoms with E-state index in [0.29, 0.717) is 23.6 Å². The molecule has 0 aromatic heterocycles. The largest absolute Gasteiger partial charge is 0.497 e. The molecule has 2 N–H and O–H groups in total. The van der Waals surface area contributed by atoms with Gasteiger partial charge in [-0.1, -0.05) is 12.1 Å². The number of carbonyl (C=O) groups excluding carboxylic acids is 1. The fraction of sp³-hybridized carbons (Fsp3) is 0.316. The Balaban J connectivity index is 1.99. The van der Waals surface area contributed by atoms with Crippen LogP contribution in [0.2, 0.25) is 0 Å². The highest BCUT2D eigenvalue weighted by atomic mass is 19.1. The van der Waals surface area contributed by atoms with Crippen LogP contribution in [0, 0.1) is 12.7 Å². The van der Waals surface area contributed by atoms with Crippen LogP contribution in [0.25, 0.3) is 0 Å². The van der Waals surface area contributed by atoms with E-state index in [1.165, 1.54) is 6.07 Å². The maximum Gasteiger partial charge on any atom is 0.315 e. The van der Waals surface area contributed by atoms with Crippen LogP contribution in [0.5, 0.6) is 11.5 Å². The van der Waals surface area contributed by atoms with Crippen LogP contribution in [-0.2, 0) is 6.54 Å². The third kappa shape index (κ3) is 4.86. The average Bonchev–Trinajstić information content (AvgIpc) is 2.62. The molecule has 1 unspecified atom stereocenters. The fourth-order valence-corrected chi connectivity index (χ4v) is 2.50. The van der Waals surface area contributed by atoms with Gasteiger partial charge in [0.2, 0.25) is 0 Å². The van der Waals surface area contributed by atoms with Crippen LogP contribution >= 0.6 is 0 Å². The zero-order chi connectivity index (χ0) is 18.4. The molecule has 25 heavy (non-hydrogen) atoms. The van der Waals surface area contributed by atoms with Crippen molar-refractivity contribution in [3.63, 3.8) is 0 Å². The molecule has 0 aliphatic heterocycles. The van der Waals surface area contributed by atoms with E-state index in [9.17, 15) is 9.18 Å². The highest BCUT2D eigenvalue weighted by molar-refractivity contribution is 5.74. The van der Waals surface area contributed by atoms with Crippen molar-refractivity contribution in [2.45, 2.75) is 26.4 Å². The fourth-order valence-electron chi connectivity index (χ4n) is 2.50. The number of nitrogens with one attached hydrogen (secondary N) is 2. The molecule has 0 spiro atoms. The van der Waals surface area contributed by atoms with Gasteiger partial charge in [0.15, 0.2) is 0 Å². The average molecular weight is 346 g/mol. The summed E-state index contributed by atoms with van der Waals surface area (Å²) in [6.45, 7) is 3.86. The lowest BCUT2D eigenvalue weighted by Crippen LogP contribution is -2.36. The Bertz CT molecular complexity index is 749. The summed E-state index contributed by atoms with van der Waals surface area (Å²) in [6, 6.07) is 9.58. The van der Waals surface area contributed by atoms with E-state index in [1.54, 1.807) is 45.4 Å². The van der Waals surface area contributed by atoms with Gasteiger partial charge in [0, 0.05) is 12.1 Å². The highest BCUT2D eigenvalue weighted by Crippen LogP contribution is 2.29. The number of urea groups is 1. The molecule has 0 heterocycles. The van der Waals surface area contributed by atoms with Gasteiger partial charge in [-0.05, 0) is 49.2 Å². The summed E-state index contributed by atoms with van der Waals surface area (Å²) in [7, 11) is 3.16. The van der Waals surface area contributed by atoms with Crippen LogP contribution in [0.15, 0.2) is 36.4 Å². The van der Waals surface area contributed by atoms with E-state index in [0.717, 1.165) is 11.1 Å². The summed E-state index contributed by atoms with van der Waals surface area (Å²) in [6.07, 6.45) is 0. The smallest absolute Gasteiger partial charge is 0.315 e. The van der Waals surface area contributed by atoms with E-state index < -0.39 is 0 Å². The van der Waals surface area contributed by atoms with Crippen LogP contribution < -0.4 is 20.1 Å². The molecular formula is C19H23FN2O3. The molecule has 6 heteroatoms.